The van der Waals surface area contributed by atoms with Crippen LogP contribution < -0.4 is 4.90 Å². The molecule has 2 atom stereocenters. The maximum atomic E-state index is 2.46. The number of allylic oxidation sites excluding steroid dienone is 5. The van der Waals surface area contributed by atoms with E-state index in [1.54, 1.807) is 0 Å². The average Bonchev–Trinajstić information content (AvgIpc) is 3.77. The van der Waals surface area contributed by atoms with Crippen molar-refractivity contribution >= 4 is 39.6 Å². The van der Waals surface area contributed by atoms with Gasteiger partial charge in [0.05, 0.1) is 11.2 Å². The fourth-order valence-electron chi connectivity index (χ4n) is 11.0. The van der Waals surface area contributed by atoms with E-state index < -0.39 is 0 Å². The minimum absolute atomic E-state index is 0.337. The normalized spacial score (nSPS) is 14.5. The van der Waals surface area contributed by atoms with Crippen LogP contribution in [0.4, 0.5) is 17.1 Å². The Kier molecular flexibility index (Phi) is 11.8. The second kappa shape index (κ2) is 19.3. The lowest BCUT2D eigenvalue weighted by Gasteiger charge is -2.27. The molecule has 70 heavy (non-hydrogen) atoms. The van der Waals surface area contributed by atoms with Gasteiger partial charge in [-0.05, 0) is 172 Å². The van der Waals surface area contributed by atoms with E-state index in [0.717, 1.165) is 42.7 Å². The number of aryl methyl sites for hydroxylation is 1. The minimum atomic E-state index is 0.337. The topological polar surface area (TPSA) is 8.17 Å². The van der Waals surface area contributed by atoms with Crippen LogP contribution in [0.25, 0.3) is 61.6 Å². The molecule has 2 unspecified atom stereocenters. The maximum absolute atomic E-state index is 2.46. The first kappa shape index (κ1) is 42.9. The van der Waals surface area contributed by atoms with Gasteiger partial charge in [-0.1, -0.05) is 194 Å². The average molecular weight is 899 g/mol. The van der Waals surface area contributed by atoms with E-state index in [4.69, 9.17) is 0 Å². The van der Waals surface area contributed by atoms with Crippen molar-refractivity contribution in [3.63, 3.8) is 0 Å². The van der Waals surface area contributed by atoms with E-state index >= 15 is 0 Å². The van der Waals surface area contributed by atoms with Crippen molar-refractivity contribution in [2.75, 3.05) is 4.90 Å². The Hall–Kier alpha value is -8.46. The third-order valence-corrected chi connectivity index (χ3v) is 14.5. The first-order chi connectivity index (χ1) is 34.7. The molecule has 10 aromatic rings. The molecule has 0 N–H and O–H groups in total. The van der Waals surface area contributed by atoms with Crippen LogP contribution in [0.5, 0.6) is 0 Å². The van der Waals surface area contributed by atoms with Crippen LogP contribution in [-0.4, -0.2) is 4.57 Å². The molecule has 9 aromatic carbocycles. The quantitative estimate of drug-likeness (QED) is 0.119. The summed E-state index contributed by atoms with van der Waals surface area (Å²) in [7, 11) is 0. The molecule has 0 bridgehead atoms. The van der Waals surface area contributed by atoms with Crippen LogP contribution in [0.2, 0.25) is 0 Å². The summed E-state index contributed by atoms with van der Waals surface area (Å²) in [4.78, 5) is 2.31. The highest BCUT2D eigenvalue weighted by atomic mass is 15.1. The molecular formula is C68H54N2. The second-order valence-corrected chi connectivity index (χ2v) is 18.8. The summed E-state index contributed by atoms with van der Waals surface area (Å²) in [5, 5.41) is 1.34. The van der Waals surface area contributed by atoms with E-state index in [0.29, 0.717) is 11.8 Å². The third kappa shape index (κ3) is 8.66. The van der Waals surface area contributed by atoms with E-state index in [1.807, 2.05) is 0 Å². The highest BCUT2D eigenvalue weighted by Crippen LogP contribution is 2.42. The maximum Gasteiger partial charge on any atom is 0.0538 e. The van der Waals surface area contributed by atoms with Crippen molar-refractivity contribution in [1.29, 1.82) is 0 Å². The molecule has 2 aliphatic rings. The predicted octanol–water partition coefficient (Wildman–Crippen LogP) is 18.0. The van der Waals surface area contributed by atoms with Gasteiger partial charge < -0.3 is 9.47 Å². The van der Waals surface area contributed by atoms with Crippen LogP contribution in [0.15, 0.2) is 261 Å². The van der Waals surface area contributed by atoms with Crippen LogP contribution >= 0.6 is 0 Å². The zero-order valence-corrected chi connectivity index (χ0v) is 39.3. The highest BCUT2D eigenvalue weighted by molar-refractivity contribution is 5.97. The number of hydrogen-bond donors (Lipinski definition) is 0. The van der Waals surface area contributed by atoms with E-state index in [-0.39, 0.29) is 0 Å². The molecule has 0 radical (unpaired) electrons. The van der Waals surface area contributed by atoms with Crippen molar-refractivity contribution in [1.82, 2.24) is 4.57 Å². The molecule has 2 nitrogen and oxygen atoms in total. The molecule has 0 spiro atoms. The molecule has 1 heterocycles. The highest BCUT2D eigenvalue weighted by Gasteiger charge is 2.24. The predicted molar refractivity (Wildman–Crippen MR) is 296 cm³/mol. The molecule has 0 amide bonds. The third-order valence-electron chi connectivity index (χ3n) is 14.5. The molecule has 0 fully saturated rings. The summed E-state index contributed by atoms with van der Waals surface area (Å²) in [6, 6.07) is 86.7. The van der Waals surface area contributed by atoms with Crippen molar-refractivity contribution in [3.8, 4) is 39.1 Å². The van der Waals surface area contributed by atoms with Crippen LogP contribution in [0.3, 0.4) is 0 Å². The first-order valence-electron chi connectivity index (χ1n) is 24.8. The van der Waals surface area contributed by atoms with Crippen LogP contribution in [-0.2, 0) is 12.8 Å². The van der Waals surface area contributed by atoms with Gasteiger partial charge in [0.2, 0.25) is 0 Å². The van der Waals surface area contributed by atoms with Gasteiger partial charge >= 0.3 is 0 Å². The number of rotatable bonds is 12. The molecule has 336 valence electrons. The number of aromatic nitrogens is 1. The van der Waals surface area contributed by atoms with Crippen LogP contribution in [0.1, 0.15) is 46.7 Å². The van der Waals surface area contributed by atoms with Gasteiger partial charge in [-0.3, -0.25) is 0 Å². The first-order valence-corrected chi connectivity index (χ1v) is 24.8. The lowest BCUT2D eigenvalue weighted by atomic mass is 9.78. The Balaban J connectivity index is 0.818. The monoisotopic (exact) mass is 898 g/mol. The molecule has 2 heteroatoms. The van der Waals surface area contributed by atoms with Gasteiger partial charge in [-0.25, -0.2) is 0 Å². The number of para-hydroxylation sites is 3. The summed E-state index contributed by atoms with van der Waals surface area (Å²) in [5.74, 6) is 0.755. The van der Waals surface area contributed by atoms with Crippen LogP contribution in [0, 0.1) is 5.92 Å². The number of anilines is 3. The van der Waals surface area contributed by atoms with Crippen molar-refractivity contribution in [2.45, 2.75) is 31.6 Å². The number of fused-ring (bicyclic) bond motifs is 3. The van der Waals surface area contributed by atoms with Gasteiger partial charge in [0, 0.05) is 28.1 Å². The summed E-state index contributed by atoms with van der Waals surface area (Å²) < 4.78 is 2.46. The molecule has 0 saturated carbocycles. The fourth-order valence-corrected chi connectivity index (χ4v) is 11.0. The van der Waals surface area contributed by atoms with Crippen molar-refractivity contribution < 1.29 is 0 Å². The smallest absolute Gasteiger partial charge is 0.0538 e. The fraction of sp³-hybridized carbons (Fsp3) is 0.0882. The Morgan fingerprint density at radius 3 is 1.67 bits per heavy atom. The zero-order chi connectivity index (χ0) is 46.6. The van der Waals surface area contributed by atoms with Crippen molar-refractivity contribution in [3.05, 3.63) is 289 Å². The van der Waals surface area contributed by atoms with E-state index in [2.05, 4.69) is 276 Å². The molecule has 1 aromatic heterocycles. The summed E-state index contributed by atoms with van der Waals surface area (Å²) in [6.07, 6.45) is 15.6. The van der Waals surface area contributed by atoms with Crippen molar-refractivity contribution in [2.24, 2.45) is 5.92 Å². The Morgan fingerprint density at radius 2 is 1.01 bits per heavy atom. The summed E-state index contributed by atoms with van der Waals surface area (Å²) in [6.45, 7) is 0. The SMILES string of the molecule is C1=CCC(C(Cc2cccc(-c3cccc(-c4ccc5c(c4)c4c(n5-c5ccccc5)C=C(c5ccccc5)CC4)c3)c2)c2ccc(-c3ccc(N(c4ccccc4)c4ccccc4)cc3)cc2)C=C1. The summed E-state index contributed by atoms with van der Waals surface area (Å²) in [5.41, 5.74) is 21.4. The van der Waals surface area contributed by atoms with Gasteiger partial charge in [0.25, 0.3) is 0 Å². The Labute approximate surface area is 412 Å². The standard InChI is InChI=1S/C68H54N2/c1-6-19-50(20-7-1)59-38-42-64-66-47-58(39-43-67(66)70(68(64)48-59)62-30-14-5-15-31-62)57-25-17-24-56(46-57)55-23-16-18-49(44-55)45-65(53-21-8-2-9-22-53)54-34-32-51(33-35-54)52-36-40-63(41-37-52)69(60-26-10-3-11-27-60)61-28-12-4-13-29-61/h1-21,23-37,39-41,43-44,46-48,53,65H,22,38,42,45H2. The minimum Gasteiger partial charge on any atom is -0.311 e. The van der Waals surface area contributed by atoms with Gasteiger partial charge in [0.1, 0.15) is 0 Å². The largest absolute Gasteiger partial charge is 0.311 e. The zero-order valence-electron chi connectivity index (χ0n) is 39.3. The van der Waals surface area contributed by atoms with E-state index in [1.165, 1.54) is 83.5 Å². The second-order valence-electron chi connectivity index (χ2n) is 18.8. The molecular weight excluding hydrogens is 845 g/mol. The number of nitrogens with zero attached hydrogens (tertiary/aromatic N) is 2. The molecule has 0 aliphatic heterocycles. The lowest BCUT2D eigenvalue weighted by Crippen LogP contribution is -2.14. The molecule has 0 saturated heterocycles. The van der Waals surface area contributed by atoms with Gasteiger partial charge in [0.15, 0.2) is 0 Å². The number of hydrogen-bond acceptors (Lipinski definition) is 1. The Morgan fingerprint density at radius 1 is 0.457 bits per heavy atom. The number of benzene rings is 9. The van der Waals surface area contributed by atoms with E-state index in [9.17, 15) is 0 Å². The van der Waals surface area contributed by atoms with Gasteiger partial charge in [-0.15, -0.1) is 0 Å². The Bertz CT molecular complexity index is 3470. The van der Waals surface area contributed by atoms with Gasteiger partial charge in [-0.2, -0.15) is 0 Å². The molecule has 2 aliphatic carbocycles. The lowest BCUT2D eigenvalue weighted by molar-refractivity contribution is 0.505. The molecule has 12 rings (SSSR count). The summed E-state index contributed by atoms with van der Waals surface area (Å²) >= 11 is 0.